The molecule has 8 heteroatoms. The van der Waals surface area contributed by atoms with Gasteiger partial charge in [-0.25, -0.2) is 12.8 Å². The van der Waals surface area contributed by atoms with Gasteiger partial charge in [0.25, 0.3) is 0 Å². The Morgan fingerprint density at radius 2 is 1.73 bits per heavy atom. The van der Waals surface area contributed by atoms with Crippen molar-refractivity contribution in [1.29, 1.82) is 0 Å². The van der Waals surface area contributed by atoms with Crippen molar-refractivity contribution in [2.45, 2.75) is 19.5 Å². The van der Waals surface area contributed by atoms with E-state index in [-0.39, 0.29) is 24.9 Å². The van der Waals surface area contributed by atoms with Crippen molar-refractivity contribution < 1.29 is 17.6 Å². The summed E-state index contributed by atoms with van der Waals surface area (Å²) in [4.78, 5) is 12.3. The highest BCUT2D eigenvalue weighted by Gasteiger charge is 2.21. The average molecular weight is 399 g/mol. The quantitative estimate of drug-likeness (QED) is 0.779. The number of nitrogens with one attached hydrogen (secondary N) is 1. The van der Waals surface area contributed by atoms with Crippen LogP contribution in [0.15, 0.2) is 48.5 Å². The van der Waals surface area contributed by atoms with Crippen molar-refractivity contribution in [3.8, 4) is 0 Å². The Kier molecular flexibility index (Phi) is 6.75. The number of amides is 1. The number of sulfonamides is 1. The third-order valence-corrected chi connectivity index (χ3v) is 5.26. The summed E-state index contributed by atoms with van der Waals surface area (Å²) in [5, 5.41) is 3.27. The molecule has 140 valence electrons. The lowest BCUT2D eigenvalue weighted by Crippen LogP contribution is -2.40. The molecule has 2 rings (SSSR count). The van der Waals surface area contributed by atoms with Gasteiger partial charge >= 0.3 is 0 Å². The number of hydrogen-bond acceptors (Lipinski definition) is 3. The summed E-state index contributed by atoms with van der Waals surface area (Å²) in [5.74, 6) is -0.806. The van der Waals surface area contributed by atoms with Crippen LogP contribution in [-0.2, 0) is 21.4 Å². The first-order valence-electron chi connectivity index (χ1n) is 7.89. The second kappa shape index (κ2) is 8.62. The first-order valence-corrected chi connectivity index (χ1v) is 10.1. The van der Waals surface area contributed by atoms with E-state index in [2.05, 4.69) is 5.32 Å². The second-order valence-electron chi connectivity index (χ2n) is 6.00. The maximum absolute atomic E-state index is 13.0. The van der Waals surface area contributed by atoms with Gasteiger partial charge in [0.05, 0.1) is 18.8 Å². The molecule has 0 radical (unpaired) electrons. The zero-order valence-corrected chi connectivity index (χ0v) is 16.0. The number of hydrogen-bond donors (Lipinski definition) is 1. The van der Waals surface area contributed by atoms with Gasteiger partial charge in [-0.15, -0.1) is 0 Å². The van der Waals surface area contributed by atoms with Crippen molar-refractivity contribution >= 4 is 27.5 Å². The molecule has 1 atom stereocenters. The highest BCUT2D eigenvalue weighted by atomic mass is 35.5. The fourth-order valence-electron chi connectivity index (χ4n) is 2.37. The topological polar surface area (TPSA) is 66.5 Å². The summed E-state index contributed by atoms with van der Waals surface area (Å²) in [6.07, 6.45) is 1.06. The summed E-state index contributed by atoms with van der Waals surface area (Å²) < 4.78 is 38.1. The predicted molar refractivity (Wildman–Crippen MR) is 99.7 cm³/mol. The molecule has 2 aromatic rings. The van der Waals surface area contributed by atoms with Gasteiger partial charge in [0, 0.05) is 11.6 Å². The van der Waals surface area contributed by atoms with E-state index < -0.39 is 15.9 Å². The van der Waals surface area contributed by atoms with Gasteiger partial charge in [-0.05, 0) is 42.3 Å². The maximum atomic E-state index is 13.0. The van der Waals surface area contributed by atoms with E-state index in [1.165, 1.54) is 12.1 Å². The van der Waals surface area contributed by atoms with E-state index in [1.54, 1.807) is 43.3 Å². The Morgan fingerprint density at radius 1 is 1.15 bits per heavy atom. The molecule has 0 spiro atoms. The van der Waals surface area contributed by atoms with Crippen LogP contribution < -0.4 is 5.32 Å². The summed E-state index contributed by atoms with van der Waals surface area (Å²) in [7, 11) is -3.58. The van der Waals surface area contributed by atoms with E-state index in [0.717, 1.165) is 21.7 Å². The lowest BCUT2D eigenvalue weighted by Gasteiger charge is -2.21. The van der Waals surface area contributed by atoms with Crippen LogP contribution in [0.1, 0.15) is 24.1 Å². The molecule has 5 nitrogen and oxygen atoms in total. The number of rotatable bonds is 7. The Morgan fingerprint density at radius 3 is 2.27 bits per heavy atom. The van der Waals surface area contributed by atoms with Gasteiger partial charge in [0.2, 0.25) is 15.9 Å². The molecule has 0 aliphatic heterocycles. The van der Waals surface area contributed by atoms with Crippen LogP contribution in [0.2, 0.25) is 5.02 Å². The van der Waals surface area contributed by atoms with Crippen molar-refractivity contribution in [1.82, 2.24) is 9.62 Å². The molecule has 0 aliphatic carbocycles. The van der Waals surface area contributed by atoms with Crippen LogP contribution in [0.5, 0.6) is 0 Å². The predicted octanol–water partition coefficient (Wildman–Crippen LogP) is 3.12. The third-order valence-electron chi connectivity index (χ3n) is 3.81. The minimum atomic E-state index is -3.58. The lowest BCUT2D eigenvalue weighted by atomic mass is 10.1. The molecule has 0 saturated heterocycles. The number of halogens is 2. The minimum absolute atomic E-state index is 0.0638. The van der Waals surface area contributed by atoms with Crippen LogP contribution >= 0.6 is 11.6 Å². The lowest BCUT2D eigenvalue weighted by molar-refractivity contribution is -0.122. The molecule has 1 amide bonds. The first-order chi connectivity index (χ1) is 12.1. The molecular weight excluding hydrogens is 379 g/mol. The van der Waals surface area contributed by atoms with Gasteiger partial charge in [0.1, 0.15) is 5.82 Å². The zero-order valence-electron chi connectivity index (χ0n) is 14.4. The highest BCUT2D eigenvalue weighted by molar-refractivity contribution is 7.88. The van der Waals surface area contributed by atoms with Crippen LogP contribution in [-0.4, -0.2) is 31.4 Å². The Bertz CT molecular complexity index is 855. The molecular formula is C18H20ClFN2O3S. The number of carbonyl (C=O) groups excluding carboxylic acids is 1. The maximum Gasteiger partial charge on any atom is 0.235 e. The van der Waals surface area contributed by atoms with E-state index in [0.29, 0.717) is 5.02 Å². The monoisotopic (exact) mass is 398 g/mol. The van der Waals surface area contributed by atoms with Crippen LogP contribution in [0, 0.1) is 5.82 Å². The van der Waals surface area contributed by atoms with Gasteiger partial charge < -0.3 is 5.32 Å². The smallest absolute Gasteiger partial charge is 0.235 e. The standard InChI is InChI=1S/C18H20ClFN2O3S/c1-13(15-5-9-17(20)10-6-15)21-18(23)12-22(26(2,24)25)11-14-3-7-16(19)8-4-14/h3-10,13H,11-12H2,1-2H3,(H,21,23)/t13-/m0/s1. The van der Waals surface area contributed by atoms with E-state index in [1.807, 2.05) is 0 Å². The number of nitrogens with zero attached hydrogens (tertiary/aromatic N) is 1. The van der Waals surface area contributed by atoms with Crippen molar-refractivity contribution in [2.75, 3.05) is 12.8 Å². The van der Waals surface area contributed by atoms with Crippen molar-refractivity contribution in [3.63, 3.8) is 0 Å². The van der Waals surface area contributed by atoms with E-state index in [4.69, 9.17) is 11.6 Å². The number of benzene rings is 2. The van der Waals surface area contributed by atoms with Crippen molar-refractivity contribution in [3.05, 3.63) is 70.5 Å². The van der Waals surface area contributed by atoms with E-state index in [9.17, 15) is 17.6 Å². The number of carbonyl (C=O) groups is 1. The van der Waals surface area contributed by atoms with Crippen molar-refractivity contribution in [2.24, 2.45) is 0 Å². The van der Waals surface area contributed by atoms with Gasteiger partial charge in [-0.2, -0.15) is 4.31 Å². The van der Waals surface area contributed by atoms with E-state index >= 15 is 0 Å². The third kappa shape index (κ3) is 6.09. The molecule has 0 aromatic heterocycles. The first kappa shape index (κ1) is 20.4. The summed E-state index contributed by atoms with van der Waals surface area (Å²) >= 11 is 5.83. The molecule has 0 fully saturated rings. The molecule has 1 N–H and O–H groups in total. The Labute approximate surface area is 157 Å². The summed E-state index contributed by atoms with van der Waals surface area (Å²) in [6, 6.07) is 12.1. The molecule has 0 heterocycles. The zero-order chi connectivity index (χ0) is 19.3. The Hall–Kier alpha value is -1.96. The molecule has 26 heavy (non-hydrogen) atoms. The fourth-order valence-corrected chi connectivity index (χ4v) is 3.23. The van der Waals surface area contributed by atoms with Gasteiger partial charge in [0.15, 0.2) is 0 Å². The van der Waals surface area contributed by atoms with Crippen LogP contribution in [0.25, 0.3) is 0 Å². The summed E-state index contributed by atoms with van der Waals surface area (Å²) in [5.41, 5.74) is 1.45. The molecule has 0 saturated carbocycles. The molecule has 2 aromatic carbocycles. The fraction of sp³-hybridized carbons (Fsp3) is 0.278. The average Bonchev–Trinajstić information content (AvgIpc) is 2.56. The molecule has 0 unspecified atom stereocenters. The molecule has 0 aliphatic rings. The Balaban J connectivity index is 2.04. The highest BCUT2D eigenvalue weighted by Crippen LogP contribution is 2.15. The molecule has 0 bridgehead atoms. The second-order valence-corrected chi connectivity index (χ2v) is 8.42. The minimum Gasteiger partial charge on any atom is -0.348 e. The SMILES string of the molecule is C[C@H](NC(=O)CN(Cc1ccc(Cl)cc1)S(C)(=O)=O)c1ccc(F)cc1. The largest absolute Gasteiger partial charge is 0.348 e. The van der Waals surface area contributed by atoms with Gasteiger partial charge in [-0.1, -0.05) is 35.9 Å². The van der Waals surface area contributed by atoms with Crippen LogP contribution in [0.3, 0.4) is 0 Å². The summed E-state index contributed by atoms with van der Waals surface area (Å²) in [6.45, 7) is 1.50. The normalized spacial score (nSPS) is 12.8. The van der Waals surface area contributed by atoms with Gasteiger partial charge in [-0.3, -0.25) is 4.79 Å². The van der Waals surface area contributed by atoms with Crippen LogP contribution in [0.4, 0.5) is 4.39 Å².